The number of hydrogen-bond donors (Lipinski definition) is 1. The fourth-order valence-electron chi connectivity index (χ4n) is 1.63. The third-order valence-electron chi connectivity index (χ3n) is 2.55. The van der Waals surface area contributed by atoms with Gasteiger partial charge in [0, 0.05) is 5.02 Å². The van der Waals surface area contributed by atoms with Crippen LogP contribution in [0, 0.1) is 0 Å². The average molecular weight is 248 g/mol. The fourth-order valence-corrected chi connectivity index (χ4v) is 1.81. The maximum absolute atomic E-state index is 5.85. The number of nitrogens with two attached hydrogens (primary N) is 1. The standard InChI is InChI=1S/C14H14ClNO/c1-2-10-5-3-4-6-13(10)17-14-8-7-11(15)9-12(14)16/h3-9H,2,16H2,1H3. The third kappa shape index (κ3) is 2.71. The van der Waals surface area contributed by atoms with E-state index >= 15 is 0 Å². The number of hydrogen-bond acceptors (Lipinski definition) is 2. The van der Waals surface area contributed by atoms with Crippen molar-refractivity contribution in [1.82, 2.24) is 0 Å². The van der Waals surface area contributed by atoms with Gasteiger partial charge in [-0.2, -0.15) is 0 Å². The first-order valence-corrected chi connectivity index (χ1v) is 5.89. The summed E-state index contributed by atoms with van der Waals surface area (Å²) in [6.45, 7) is 2.09. The van der Waals surface area contributed by atoms with Crippen molar-refractivity contribution in [3.8, 4) is 11.5 Å². The lowest BCUT2D eigenvalue weighted by molar-refractivity contribution is 0.479. The molecule has 2 rings (SSSR count). The Morgan fingerprint density at radius 2 is 1.88 bits per heavy atom. The van der Waals surface area contributed by atoms with Gasteiger partial charge in [-0.25, -0.2) is 0 Å². The molecule has 0 aliphatic rings. The molecule has 2 aromatic carbocycles. The molecule has 0 heterocycles. The van der Waals surface area contributed by atoms with Gasteiger partial charge in [-0.1, -0.05) is 36.7 Å². The van der Waals surface area contributed by atoms with E-state index in [1.807, 2.05) is 24.3 Å². The van der Waals surface area contributed by atoms with Crippen molar-refractivity contribution in [3.63, 3.8) is 0 Å². The highest BCUT2D eigenvalue weighted by atomic mass is 35.5. The zero-order valence-electron chi connectivity index (χ0n) is 9.61. The normalized spacial score (nSPS) is 10.2. The monoisotopic (exact) mass is 247 g/mol. The summed E-state index contributed by atoms with van der Waals surface area (Å²) in [7, 11) is 0. The zero-order valence-corrected chi connectivity index (χ0v) is 10.4. The van der Waals surface area contributed by atoms with Crippen molar-refractivity contribution >= 4 is 17.3 Å². The molecule has 0 unspecified atom stereocenters. The molecule has 17 heavy (non-hydrogen) atoms. The Hall–Kier alpha value is -1.67. The van der Waals surface area contributed by atoms with Crippen molar-refractivity contribution in [2.75, 3.05) is 5.73 Å². The van der Waals surface area contributed by atoms with Crippen LogP contribution in [0.5, 0.6) is 11.5 Å². The summed E-state index contributed by atoms with van der Waals surface area (Å²) in [5.41, 5.74) is 7.55. The molecular weight excluding hydrogens is 234 g/mol. The van der Waals surface area contributed by atoms with E-state index < -0.39 is 0 Å². The first-order valence-electron chi connectivity index (χ1n) is 5.51. The van der Waals surface area contributed by atoms with E-state index in [0.29, 0.717) is 16.5 Å². The predicted octanol–water partition coefficient (Wildman–Crippen LogP) is 4.28. The second-order valence-corrected chi connectivity index (χ2v) is 4.18. The summed E-state index contributed by atoms with van der Waals surface area (Å²) in [6.07, 6.45) is 0.920. The lowest BCUT2D eigenvalue weighted by Gasteiger charge is -2.11. The molecule has 0 atom stereocenters. The van der Waals surface area contributed by atoms with E-state index in [2.05, 4.69) is 6.92 Å². The van der Waals surface area contributed by atoms with Gasteiger partial charge in [0.05, 0.1) is 5.69 Å². The van der Waals surface area contributed by atoms with Crippen molar-refractivity contribution in [2.24, 2.45) is 0 Å². The minimum absolute atomic E-state index is 0.545. The van der Waals surface area contributed by atoms with E-state index in [4.69, 9.17) is 22.1 Å². The molecule has 0 fully saturated rings. The number of ether oxygens (including phenoxy) is 1. The van der Waals surface area contributed by atoms with Crippen molar-refractivity contribution < 1.29 is 4.74 Å². The molecule has 3 heteroatoms. The molecule has 0 aromatic heterocycles. The third-order valence-corrected chi connectivity index (χ3v) is 2.78. The minimum atomic E-state index is 0.545. The van der Waals surface area contributed by atoms with Crippen LogP contribution in [-0.2, 0) is 6.42 Å². The van der Waals surface area contributed by atoms with Gasteiger partial charge in [0.15, 0.2) is 0 Å². The smallest absolute Gasteiger partial charge is 0.150 e. The van der Waals surface area contributed by atoms with Crippen LogP contribution in [0.15, 0.2) is 42.5 Å². The average Bonchev–Trinajstić information content (AvgIpc) is 2.33. The van der Waals surface area contributed by atoms with Crippen LogP contribution in [0.25, 0.3) is 0 Å². The molecule has 0 radical (unpaired) electrons. The fraction of sp³-hybridized carbons (Fsp3) is 0.143. The maximum atomic E-state index is 5.85. The second kappa shape index (κ2) is 5.11. The summed E-state index contributed by atoms with van der Waals surface area (Å²) in [6, 6.07) is 13.2. The van der Waals surface area contributed by atoms with Gasteiger partial charge >= 0.3 is 0 Å². The summed E-state index contributed by atoms with van der Waals surface area (Å²) in [4.78, 5) is 0. The molecule has 0 aliphatic heterocycles. The van der Waals surface area contributed by atoms with Gasteiger partial charge in [0.1, 0.15) is 11.5 Å². The van der Waals surface area contributed by atoms with E-state index in [9.17, 15) is 0 Å². The SMILES string of the molecule is CCc1ccccc1Oc1ccc(Cl)cc1N. The Morgan fingerprint density at radius 3 is 2.59 bits per heavy atom. The van der Waals surface area contributed by atoms with Crippen LogP contribution in [0.2, 0.25) is 5.02 Å². The highest BCUT2D eigenvalue weighted by molar-refractivity contribution is 6.30. The lowest BCUT2D eigenvalue weighted by Crippen LogP contribution is -1.94. The number of benzene rings is 2. The van der Waals surface area contributed by atoms with E-state index in [-0.39, 0.29) is 0 Å². The quantitative estimate of drug-likeness (QED) is 0.822. The highest BCUT2D eigenvalue weighted by Crippen LogP contribution is 2.31. The van der Waals surface area contributed by atoms with Crippen LogP contribution < -0.4 is 10.5 Å². The molecule has 88 valence electrons. The van der Waals surface area contributed by atoms with Gasteiger partial charge < -0.3 is 10.5 Å². The van der Waals surface area contributed by atoms with Crippen molar-refractivity contribution in [1.29, 1.82) is 0 Å². The molecule has 0 saturated heterocycles. The summed E-state index contributed by atoms with van der Waals surface area (Å²) >= 11 is 5.84. The molecule has 2 nitrogen and oxygen atoms in total. The minimum Gasteiger partial charge on any atom is -0.455 e. The van der Waals surface area contributed by atoms with Gasteiger partial charge in [-0.15, -0.1) is 0 Å². The van der Waals surface area contributed by atoms with E-state index in [1.54, 1.807) is 18.2 Å². The first-order chi connectivity index (χ1) is 8.20. The summed E-state index contributed by atoms with van der Waals surface area (Å²) in [5.74, 6) is 1.47. The van der Waals surface area contributed by atoms with Crippen LogP contribution in [0.3, 0.4) is 0 Å². The van der Waals surface area contributed by atoms with Crippen LogP contribution in [-0.4, -0.2) is 0 Å². The van der Waals surface area contributed by atoms with Gasteiger partial charge in [-0.05, 0) is 36.2 Å². The first kappa shape index (κ1) is 11.8. The molecule has 2 N–H and O–H groups in total. The predicted molar refractivity (Wildman–Crippen MR) is 71.8 cm³/mol. The zero-order chi connectivity index (χ0) is 12.3. The Kier molecular flexibility index (Phi) is 3.55. The maximum Gasteiger partial charge on any atom is 0.150 e. The van der Waals surface area contributed by atoms with Crippen LogP contribution in [0.4, 0.5) is 5.69 Å². The van der Waals surface area contributed by atoms with E-state index in [0.717, 1.165) is 17.7 Å². The number of anilines is 1. The van der Waals surface area contributed by atoms with Crippen molar-refractivity contribution in [2.45, 2.75) is 13.3 Å². The Balaban J connectivity index is 2.31. The number of aryl methyl sites for hydroxylation is 1. The molecule has 2 aromatic rings. The molecule has 0 aliphatic carbocycles. The number of para-hydroxylation sites is 1. The molecule has 0 bridgehead atoms. The number of halogens is 1. The Bertz CT molecular complexity index is 525. The largest absolute Gasteiger partial charge is 0.455 e. The molecule has 0 spiro atoms. The van der Waals surface area contributed by atoms with Crippen molar-refractivity contribution in [3.05, 3.63) is 53.1 Å². The Morgan fingerprint density at radius 1 is 1.12 bits per heavy atom. The van der Waals surface area contributed by atoms with E-state index in [1.165, 1.54) is 0 Å². The number of nitrogen functional groups attached to an aromatic ring is 1. The van der Waals surface area contributed by atoms with Gasteiger partial charge in [0.2, 0.25) is 0 Å². The highest BCUT2D eigenvalue weighted by Gasteiger charge is 2.05. The topological polar surface area (TPSA) is 35.2 Å². The van der Waals surface area contributed by atoms with Crippen LogP contribution >= 0.6 is 11.6 Å². The van der Waals surface area contributed by atoms with Crippen LogP contribution in [0.1, 0.15) is 12.5 Å². The summed E-state index contributed by atoms with van der Waals surface area (Å²) < 4.78 is 5.80. The Labute approximate surface area is 106 Å². The molecule has 0 saturated carbocycles. The molecule has 0 amide bonds. The lowest BCUT2D eigenvalue weighted by atomic mass is 10.1. The van der Waals surface area contributed by atoms with Gasteiger partial charge in [0.25, 0.3) is 0 Å². The second-order valence-electron chi connectivity index (χ2n) is 3.75. The van der Waals surface area contributed by atoms with Gasteiger partial charge in [-0.3, -0.25) is 0 Å². The molecular formula is C14H14ClNO. The number of rotatable bonds is 3. The summed E-state index contributed by atoms with van der Waals surface area (Å²) in [5, 5.41) is 0.610.